The van der Waals surface area contributed by atoms with Gasteiger partial charge in [-0.15, -0.1) is 0 Å². The summed E-state index contributed by atoms with van der Waals surface area (Å²) in [4.78, 5) is 11.9. The van der Waals surface area contributed by atoms with E-state index in [4.69, 9.17) is 4.74 Å². The van der Waals surface area contributed by atoms with Crippen molar-refractivity contribution in [3.63, 3.8) is 0 Å². The summed E-state index contributed by atoms with van der Waals surface area (Å²) in [5, 5.41) is 19.0. The first-order valence-corrected chi connectivity index (χ1v) is 7.44. The van der Waals surface area contributed by atoms with E-state index in [1.54, 1.807) is 13.2 Å². The fourth-order valence-corrected chi connectivity index (χ4v) is 2.51. The number of amides is 2. The number of urea groups is 1. The number of hydrogen-bond acceptors (Lipinski definition) is 4. The smallest absolute Gasteiger partial charge is 0.319 e. The van der Waals surface area contributed by atoms with Crippen molar-refractivity contribution in [2.24, 2.45) is 0 Å². The van der Waals surface area contributed by atoms with Gasteiger partial charge in [0.2, 0.25) is 0 Å². The summed E-state index contributed by atoms with van der Waals surface area (Å²) in [6, 6.07) is 6.93. The SMILES string of the molecule is COc1ccc(C)c(NC(=O)NCC(O)c2ccsc2)c1. The minimum atomic E-state index is -0.701. The van der Waals surface area contributed by atoms with Gasteiger partial charge in [-0.25, -0.2) is 4.79 Å². The summed E-state index contributed by atoms with van der Waals surface area (Å²) < 4.78 is 5.13. The molecule has 2 amide bonds. The van der Waals surface area contributed by atoms with Gasteiger partial charge >= 0.3 is 6.03 Å². The molecule has 0 aliphatic heterocycles. The van der Waals surface area contributed by atoms with Crippen LogP contribution >= 0.6 is 11.3 Å². The minimum Gasteiger partial charge on any atom is -0.497 e. The van der Waals surface area contributed by atoms with Crippen molar-refractivity contribution in [2.45, 2.75) is 13.0 Å². The Hall–Kier alpha value is -2.05. The van der Waals surface area contributed by atoms with E-state index in [-0.39, 0.29) is 12.6 Å². The molecule has 1 atom stereocenters. The number of carbonyl (C=O) groups is 1. The van der Waals surface area contributed by atoms with Gasteiger partial charge in [0.15, 0.2) is 0 Å². The standard InChI is InChI=1S/C15H18N2O3S/c1-10-3-4-12(20-2)7-13(10)17-15(19)16-8-14(18)11-5-6-21-9-11/h3-7,9,14,18H,8H2,1-2H3,(H2,16,17,19). The lowest BCUT2D eigenvalue weighted by Crippen LogP contribution is -2.32. The summed E-state index contributed by atoms with van der Waals surface area (Å²) in [6.45, 7) is 2.06. The number of ether oxygens (including phenoxy) is 1. The van der Waals surface area contributed by atoms with Gasteiger partial charge in [-0.1, -0.05) is 6.07 Å². The van der Waals surface area contributed by atoms with E-state index in [0.29, 0.717) is 11.4 Å². The van der Waals surface area contributed by atoms with Crippen molar-refractivity contribution >= 4 is 23.1 Å². The van der Waals surface area contributed by atoms with Crippen LogP contribution in [0.4, 0.5) is 10.5 Å². The summed E-state index contributed by atoms with van der Waals surface area (Å²) in [5.74, 6) is 0.675. The Bertz CT molecular complexity index is 599. The van der Waals surface area contributed by atoms with Crippen LogP contribution in [0.5, 0.6) is 5.75 Å². The van der Waals surface area contributed by atoms with Gasteiger partial charge in [0.25, 0.3) is 0 Å². The quantitative estimate of drug-likeness (QED) is 0.795. The fourth-order valence-electron chi connectivity index (χ4n) is 1.80. The van der Waals surface area contributed by atoms with Crippen LogP contribution in [-0.4, -0.2) is 24.8 Å². The number of aliphatic hydroxyl groups excluding tert-OH is 1. The van der Waals surface area contributed by atoms with Gasteiger partial charge in [-0.05, 0) is 40.9 Å². The number of methoxy groups -OCH3 is 1. The third kappa shape index (κ3) is 4.21. The summed E-state index contributed by atoms with van der Waals surface area (Å²) >= 11 is 1.51. The molecule has 2 aromatic rings. The Morgan fingerprint density at radius 1 is 1.43 bits per heavy atom. The summed E-state index contributed by atoms with van der Waals surface area (Å²) in [7, 11) is 1.58. The number of aryl methyl sites for hydroxylation is 1. The topological polar surface area (TPSA) is 70.6 Å². The van der Waals surface area contributed by atoms with E-state index in [9.17, 15) is 9.90 Å². The molecule has 112 valence electrons. The van der Waals surface area contributed by atoms with Gasteiger partial charge in [0, 0.05) is 18.3 Å². The zero-order valence-electron chi connectivity index (χ0n) is 11.9. The molecule has 1 heterocycles. The molecule has 0 aliphatic carbocycles. The molecule has 0 saturated heterocycles. The Kier molecular flexibility index (Phi) is 5.19. The third-order valence-corrected chi connectivity index (χ3v) is 3.78. The Labute approximate surface area is 127 Å². The van der Waals surface area contributed by atoms with Gasteiger partial charge in [-0.3, -0.25) is 0 Å². The van der Waals surface area contributed by atoms with Crippen molar-refractivity contribution in [3.05, 3.63) is 46.2 Å². The number of anilines is 1. The van der Waals surface area contributed by atoms with Crippen LogP contribution in [0.25, 0.3) is 0 Å². The molecule has 0 saturated carbocycles. The average molecular weight is 306 g/mol. The fraction of sp³-hybridized carbons (Fsp3) is 0.267. The van der Waals surface area contributed by atoms with Gasteiger partial charge in [-0.2, -0.15) is 11.3 Å². The predicted octanol–water partition coefficient (Wildman–Crippen LogP) is 2.92. The lowest BCUT2D eigenvalue weighted by atomic mass is 10.2. The van der Waals surface area contributed by atoms with E-state index in [1.165, 1.54) is 11.3 Å². The normalized spacial score (nSPS) is 11.8. The van der Waals surface area contributed by atoms with Crippen molar-refractivity contribution in [3.8, 4) is 5.75 Å². The number of nitrogens with one attached hydrogen (secondary N) is 2. The van der Waals surface area contributed by atoms with Crippen LogP contribution in [0.15, 0.2) is 35.0 Å². The summed E-state index contributed by atoms with van der Waals surface area (Å²) in [5.41, 5.74) is 2.42. The van der Waals surface area contributed by atoms with Gasteiger partial charge in [0.1, 0.15) is 5.75 Å². The number of benzene rings is 1. The molecule has 6 heteroatoms. The third-order valence-electron chi connectivity index (χ3n) is 3.08. The highest BCUT2D eigenvalue weighted by atomic mass is 32.1. The van der Waals surface area contributed by atoms with Crippen molar-refractivity contribution in [2.75, 3.05) is 19.0 Å². The Morgan fingerprint density at radius 2 is 2.24 bits per heavy atom. The molecule has 1 unspecified atom stereocenters. The molecule has 0 aliphatic rings. The Morgan fingerprint density at radius 3 is 2.90 bits per heavy atom. The van der Waals surface area contributed by atoms with E-state index >= 15 is 0 Å². The lowest BCUT2D eigenvalue weighted by molar-refractivity contribution is 0.175. The molecule has 2 rings (SSSR count). The molecular weight excluding hydrogens is 288 g/mol. The maximum Gasteiger partial charge on any atom is 0.319 e. The van der Waals surface area contributed by atoms with Gasteiger partial charge in [0.05, 0.1) is 13.2 Å². The zero-order valence-corrected chi connectivity index (χ0v) is 12.7. The first-order valence-electron chi connectivity index (χ1n) is 6.50. The van der Waals surface area contributed by atoms with Crippen molar-refractivity contribution < 1.29 is 14.6 Å². The molecule has 0 spiro atoms. The highest BCUT2D eigenvalue weighted by Gasteiger charge is 2.10. The Balaban J connectivity index is 1.90. The highest BCUT2D eigenvalue weighted by Crippen LogP contribution is 2.21. The molecule has 0 radical (unpaired) electrons. The van der Waals surface area contributed by atoms with E-state index in [1.807, 2.05) is 35.9 Å². The van der Waals surface area contributed by atoms with E-state index in [2.05, 4.69) is 10.6 Å². The second-order valence-electron chi connectivity index (χ2n) is 4.59. The number of aliphatic hydroxyl groups is 1. The van der Waals surface area contributed by atoms with Crippen LogP contribution in [0.1, 0.15) is 17.2 Å². The summed E-state index contributed by atoms with van der Waals surface area (Å²) in [6.07, 6.45) is -0.701. The molecule has 0 bridgehead atoms. The van der Waals surface area contributed by atoms with Crippen LogP contribution < -0.4 is 15.4 Å². The van der Waals surface area contributed by atoms with Gasteiger partial charge < -0.3 is 20.5 Å². The first kappa shape index (κ1) is 15.3. The molecule has 3 N–H and O–H groups in total. The second-order valence-corrected chi connectivity index (χ2v) is 5.37. The van der Waals surface area contributed by atoms with Crippen LogP contribution in [0.2, 0.25) is 0 Å². The number of carbonyl (C=O) groups excluding carboxylic acids is 1. The van der Waals surface area contributed by atoms with E-state index < -0.39 is 6.10 Å². The van der Waals surface area contributed by atoms with Crippen LogP contribution in [0, 0.1) is 6.92 Å². The maximum atomic E-state index is 11.9. The van der Waals surface area contributed by atoms with Crippen molar-refractivity contribution in [1.29, 1.82) is 0 Å². The zero-order chi connectivity index (χ0) is 15.2. The highest BCUT2D eigenvalue weighted by molar-refractivity contribution is 7.07. The minimum absolute atomic E-state index is 0.158. The second kappa shape index (κ2) is 7.10. The average Bonchev–Trinajstić information content (AvgIpc) is 3.01. The molecule has 0 fully saturated rings. The monoisotopic (exact) mass is 306 g/mol. The molecule has 5 nitrogen and oxygen atoms in total. The van der Waals surface area contributed by atoms with Crippen LogP contribution in [0.3, 0.4) is 0 Å². The largest absolute Gasteiger partial charge is 0.497 e. The number of thiophene rings is 1. The molecular formula is C15H18N2O3S. The maximum absolute atomic E-state index is 11.9. The molecule has 1 aromatic heterocycles. The van der Waals surface area contributed by atoms with Crippen molar-refractivity contribution in [1.82, 2.24) is 5.32 Å². The number of rotatable bonds is 5. The molecule has 1 aromatic carbocycles. The van der Waals surface area contributed by atoms with Crippen LogP contribution in [-0.2, 0) is 0 Å². The predicted molar refractivity (Wildman–Crippen MR) is 84.0 cm³/mol. The first-order chi connectivity index (χ1) is 10.1. The molecule has 21 heavy (non-hydrogen) atoms. The lowest BCUT2D eigenvalue weighted by Gasteiger charge is -2.13. The number of hydrogen-bond donors (Lipinski definition) is 3. The van der Waals surface area contributed by atoms with E-state index in [0.717, 1.165) is 11.1 Å².